The minimum absolute atomic E-state index is 0.0685. The van der Waals surface area contributed by atoms with Gasteiger partial charge in [0.2, 0.25) is 0 Å². The van der Waals surface area contributed by atoms with E-state index >= 15 is 0 Å². The van der Waals surface area contributed by atoms with E-state index in [4.69, 9.17) is 4.74 Å². The zero-order valence-corrected chi connectivity index (χ0v) is 11.7. The lowest BCUT2D eigenvalue weighted by Gasteiger charge is -2.26. The lowest BCUT2D eigenvalue weighted by molar-refractivity contribution is -0.128. The van der Waals surface area contributed by atoms with Crippen LogP contribution in [0.5, 0.6) is 5.75 Å². The number of rotatable bonds is 4. The van der Waals surface area contributed by atoms with E-state index < -0.39 is 0 Å². The van der Waals surface area contributed by atoms with Crippen LogP contribution in [0.2, 0.25) is 0 Å². The van der Waals surface area contributed by atoms with E-state index in [2.05, 4.69) is 12.3 Å². The van der Waals surface area contributed by atoms with Gasteiger partial charge < -0.3 is 4.74 Å². The van der Waals surface area contributed by atoms with Crippen LogP contribution in [-0.4, -0.2) is 30.6 Å². The molecule has 1 fully saturated rings. The number of nitrogens with one attached hydrogen (secondary N) is 1. The second kappa shape index (κ2) is 6.57. The van der Waals surface area contributed by atoms with Gasteiger partial charge in [-0.3, -0.25) is 10.2 Å². The fourth-order valence-corrected chi connectivity index (χ4v) is 2.17. The molecule has 0 bridgehead atoms. The molecule has 104 valence electrons. The number of piperidine rings is 1. The van der Waals surface area contributed by atoms with E-state index in [1.165, 1.54) is 17.5 Å². The third-order valence-corrected chi connectivity index (χ3v) is 3.49. The van der Waals surface area contributed by atoms with Gasteiger partial charge in [0.15, 0.2) is 6.61 Å². The smallest absolute Gasteiger partial charge is 0.272 e. The Labute approximate surface area is 114 Å². The van der Waals surface area contributed by atoms with Crippen molar-refractivity contribution in [2.75, 3.05) is 19.7 Å². The highest BCUT2D eigenvalue weighted by Crippen LogP contribution is 2.16. The third kappa shape index (κ3) is 4.24. The van der Waals surface area contributed by atoms with Gasteiger partial charge in [0.1, 0.15) is 5.75 Å². The molecule has 19 heavy (non-hydrogen) atoms. The number of amides is 1. The van der Waals surface area contributed by atoms with Crippen LogP contribution < -0.4 is 10.2 Å². The summed E-state index contributed by atoms with van der Waals surface area (Å²) >= 11 is 0. The molecule has 0 aromatic heterocycles. The topological polar surface area (TPSA) is 41.6 Å². The Kier molecular flexibility index (Phi) is 4.80. The zero-order valence-electron chi connectivity index (χ0n) is 11.7. The maximum atomic E-state index is 11.8. The Morgan fingerprint density at radius 3 is 2.63 bits per heavy atom. The SMILES string of the molecule is Cc1ccc(OCC(=O)NN2CCCCC2)cc1C. The molecule has 1 amide bonds. The van der Waals surface area contributed by atoms with Crippen molar-refractivity contribution in [3.8, 4) is 5.75 Å². The second-order valence-corrected chi connectivity index (χ2v) is 5.12. The summed E-state index contributed by atoms with van der Waals surface area (Å²) in [7, 11) is 0. The number of hydrogen-bond donors (Lipinski definition) is 1. The molecule has 0 unspecified atom stereocenters. The molecule has 0 saturated carbocycles. The van der Waals surface area contributed by atoms with E-state index in [9.17, 15) is 4.79 Å². The number of benzene rings is 1. The molecule has 4 heteroatoms. The maximum Gasteiger partial charge on any atom is 0.272 e. The van der Waals surface area contributed by atoms with Crippen LogP contribution in [0.25, 0.3) is 0 Å². The highest BCUT2D eigenvalue weighted by atomic mass is 16.5. The van der Waals surface area contributed by atoms with Crippen LogP contribution in [0.3, 0.4) is 0 Å². The van der Waals surface area contributed by atoms with Gasteiger partial charge in [-0.1, -0.05) is 12.5 Å². The molecule has 0 aliphatic carbocycles. The van der Waals surface area contributed by atoms with Gasteiger partial charge in [0.25, 0.3) is 5.91 Å². The number of nitrogens with zero attached hydrogens (tertiary/aromatic N) is 1. The van der Waals surface area contributed by atoms with Crippen LogP contribution in [0.15, 0.2) is 18.2 Å². The summed E-state index contributed by atoms with van der Waals surface area (Å²) in [4.78, 5) is 11.8. The van der Waals surface area contributed by atoms with E-state index in [0.717, 1.165) is 31.7 Å². The highest BCUT2D eigenvalue weighted by Gasteiger charge is 2.12. The van der Waals surface area contributed by atoms with Gasteiger partial charge in [0, 0.05) is 13.1 Å². The normalized spacial score (nSPS) is 16.1. The Bertz CT molecular complexity index is 440. The number of carbonyl (C=O) groups is 1. The molecule has 1 aromatic carbocycles. The van der Waals surface area contributed by atoms with Crippen LogP contribution in [-0.2, 0) is 4.79 Å². The molecule has 2 rings (SSSR count). The molecule has 1 aliphatic rings. The Morgan fingerprint density at radius 1 is 1.21 bits per heavy atom. The lowest BCUT2D eigenvalue weighted by Crippen LogP contribution is -2.46. The number of hydrazine groups is 1. The number of hydrogen-bond acceptors (Lipinski definition) is 3. The summed E-state index contributed by atoms with van der Waals surface area (Å²) < 4.78 is 5.51. The van der Waals surface area contributed by atoms with Crippen molar-refractivity contribution in [2.45, 2.75) is 33.1 Å². The lowest BCUT2D eigenvalue weighted by atomic mass is 10.1. The highest BCUT2D eigenvalue weighted by molar-refractivity contribution is 5.77. The van der Waals surface area contributed by atoms with Crippen molar-refractivity contribution in [1.82, 2.24) is 10.4 Å². The van der Waals surface area contributed by atoms with Crippen molar-refractivity contribution in [1.29, 1.82) is 0 Å². The van der Waals surface area contributed by atoms with Crippen molar-refractivity contribution in [3.05, 3.63) is 29.3 Å². The fraction of sp³-hybridized carbons (Fsp3) is 0.533. The fourth-order valence-electron chi connectivity index (χ4n) is 2.17. The van der Waals surface area contributed by atoms with Crippen LogP contribution >= 0.6 is 0 Å². The maximum absolute atomic E-state index is 11.8. The summed E-state index contributed by atoms with van der Waals surface area (Å²) in [5, 5.41) is 1.98. The van der Waals surface area contributed by atoms with Crippen molar-refractivity contribution < 1.29 is 9.53 Å². The standard InChI is InChI=1S/C15H22N2O2/c1-12-6-7-14(10-13(12)2)19-11-15(18)16-17-8-4-3-5-9-17/h6-7,10H,3-5,8-9,11H2,1-2H3,(H,16,18). The Hall–Kier alpha value is -1.55. The van der Waals surface area contributed by atoms with E-state index in [-0.39, 0.29) is 12.5 Å². The van der Waals surface area contributed by atoms with Gasteiger partial charge in [-0.25, -0.2) is 5.01 Å². The average molecular weight is 262 g/mol. The largest absolute Gasteiger partial charge is 0.484 e. The number of ether oxygens (including phenoxy) is 1. The molecule has 1 aliphatic heterocycles. The molecular weight excluding hydrogens is 240 g/mol. The molecule has 1 aromatic rings. The first-order chi connectivity index (χ1) is 9.15. The van der Waals surface area contributed by atoms with Crippen LogP contribution in [0.4, 0.5) is 0 Å². The van der Waals surface area contributed by atoms with Crippen molar-refractivity contribution >= 4 is 5.91 Å². The summed E-state index contributed by atoms with van der Waals surface area (Å²) in [6.07, 6.45) is 3.56. The van der Waals surface area contributed by atoms with Crippen molar-refractivity contribution in [3.63, 3.8) is 0 Å². The third-order valence-electron chi connectivity index (χ3n) is 3.49. The predicted molar refractivity (Wildman–Crippen MR) is 75.0 cm³/mol. The zero-order chi connectivity index (χ0) is 13.7. The monoisotopic (exact) mass is 262 g/mol. The number of aryl methyl sites for hydroxylation is 2. The van der Waals surface area contributed by atoms with Crippen LogP contribution in [0.1, 0.15) is 30.4 Å². The van der Waals surface area contributed by atoms with E-state index in [0.29, 0.717) is 0 Å². The second-order valence-electron chi connectivity index (χ2n) is 5.12. The first-order valence-electron chi connectivity index (χ1n) is 6.89. The first-order valence-corrected chi connectivity index (χ1v) is 6.89. The molecule has 1 N–H and O–H groups in total. The van der Waals surface area contributed by atoms with E-state index in [1.807, 2.05) is 30.1 Å². The molecule has 0 radical (unpaired) electrons. The number of carbonyl (C=O) groups excluding carboxylic acids is 1. The quantitative estimate of drug-likeness (QED) is 0.904. The molecule has 1 saturated heterocycles. The van der Waals surface area contributed by atoms with Gasteiger partial charge in [-0.05, 0) is 49.9 Å². The minimum Gasteiger partial charge on any atom is -0.484 e. The Balaban J connectivity index is 1.77. The molecule has 0 spiro atoms. The molecule has 1 heterocycles. The summed E-state index contributed by atoms with van der Waals surface area (Å²) in [6.45, 7) is 6.04. The molecule has 0 atom stereocenters. The summed E-state index contributed by atoms with van der Waals surface area (Å²) in [5.74, 6) is 0.664. The van der Waals surface area contributed by atoms with E-state index in [1.54, 1.807) is 0 Å². The first kappa shape index (κ1) is 13.9. The van der Waals surface area contributed by atoms with Gasteiger partial charge >= 0.3 is 0 Å². The average Bonchev–Trinajstić information content (AvgIpc) is 2.41. The summed E-state index contributed by atoms with van der Waals surface area (Å²) in [5.41, 5.74) is 5.29. The van der Waals surface area contributed by atoms with Crippen LogP contribution in [0, 0.1) is 13.8 Å². The Morgan fingerprint density at radius 2 is 1.95 bits per heavy atom. The van der Waals surface area contributed by atoms with Crippen molar-refractivity contribution in [2.24, 2.45) is 0 Å². The molecular formula is C15H22N2O2. The van der Waals surface area contributed by atoms with Gasteiger partial charge in [0.05, 0.1) is 0 Å². The van der Waals surface area contributed by atoms with Gasteiger partial charge in [-0.15, -0.1) is 0 Å². The minimum atomic E-state index is -0.0832. The summed E-state index contributed by atoms with van der Waals surface area (Å²) in [6, 6.07) is 5.87. The predicted octanol–water partition coefficient (Wildman–Crippen LogP) is 2.20. The molecule has 4 nitrogen and oxygen atoms in total. The van der Waals surface area contributed by atoms with Gasteiger partial charge in [-0.2, -0.15) is 0 Å².